The largest absolute Gasteiger partial charge is 0.493 e. The number of thioether (sulfide) groups is 1. The molecule has 2 aromatic carbocycles. The highest BCUT2D eigenvalue weighted by Crippen LogP contribution is 2.42. The van der Waals surface area contributed by atoms with Gasteiger partial charge < -0.3 is 9.72 Å². The van der Waals surface area contributed by atoms with Gasteiger partial charge in [0.15, 0.2) is 11.0 Å². The van der Waals surface area contributed by atoms with Crippen LogP contribution in [-0.4, -0.2) is 32.1 Å². The van der Waals surface area contributed by atoms with Crippen molar-refractivity contribution >= 4 is 22.7 Å². The van der Waals surface area contributed by atoms with E-state index in [2.05, 4.69) is 38.0 Å². The van der Waals surface area contributed by atoms with E-state index in [4.69, 9.17) is 10.00 Å². The van der Waals surface area contributed by atoms with Gasteiger partial charge >= 0.3 is 0 Å². The molecule has 0 amide bonds. The number of aromatic amines is 1. The van der Waals surface area contributed by atoms with E-state index >= 15 is 0 Å². The van der Waals surface area contributed by atoms with Crippen molar-refractivity contribution in [3.05, 3.63) is 60.3 Å². The van der Waals surface area contributed by atoms with E-state index in [1.165, 1.54) is 18.2 Å². The van der Waals surface area contributed by atoms with Crippen molar-refractivity contribution in [2.24, 2.45) is 0 Å². The quantitative estimate of drug-likeness (QED) is 0.355. The third kappa shape index (κ3) is 3.59. The van der Waals surface area contributed by atoms with Gasteiger partial charge in [-0.2, -0.15) is 5.26 Å². The molecule has 1 saturated carbocycles. The fourth-order valence-corrected chi connectivity index (χ4v) is 4.25. The smallest absolute Gasteiger partial charge is 0.191 e. The van der Waals surface area contributed by atoms with Crippen LogP contribution < -0.4 is 4.74 Å². The molecule has 0 bridgehead atoms. The lowest BCUT2D eigenvalue weighted by molar-refractivity contribution is 0.343. The summed E-state index contributed by atoms with van der Waals surface area (Å²) in [5, 5.41) is 20.1. The Bertz CT molecular complexity index is 1200. The van der Waals surface area contributed by atoms with Crippen LogP contribution in [0, 0.1) is 11.3 Å². The molecule has 7 heteroatoms. The molecule has 0 radical (unpaired) electrons. The van der Waals surface area contributed by atoms with Crippen molar-refractivity contribution < 1.29 is 4.74 Å². The molecule has 1 aliphatic rings. The number of fused-ring (bicyclic) bond motifs is 1. The number of nitrogens with zero attached hydrogens (tertiary/aromatic N) is 4. The molecule has 1 N–H and O–H groups in total. The number of nitriles is 1. The zero-order chi connectivity index (χ0) is 19.6. The van der Waals surface area contributed by atoms with Gasteiger partial charge in [0.25, 0.3) is 0 Å². The number of hydrogen-bond donors (Lipinski definition) is 1. The summed E-state index contributed by atoms with van der Waals surface area (Å²) >= 11 is 1.66. The molecule has 0 saturated heterocycles. The topological polar surface area (TPSA) is 79.5 Å². The fourth-order valence-electron chi connectivity index (χ4n) is 3.43. The molecule has 2 aromatic heterocycles. The second-order valence-electron chi connectivity index (χ2n) is 6.99. The number of H-pyrrole nitrogens is 1. The predicted octanol–water partition coefficient (Wildman–Crippen LogP) is 4.80. The maximum atomic E-state index is 8.99. The molecule has 2 heterocycles. The van der Waals surface area contributed by atoms with Crippen LogP contribution in [0.25, 0.3) is 22.3 Å². The maximum absolute atomic E-state index is 8.99. The Kier molecular flexibility index (Phi) is 4.70. The van der Waals surface area contributed by atoms with Gasteiger partial charge in [-0.05, 0) is 37.1 Å². The van der Waals surface area contributed by atoms with Gasteiger partial charge in [-0.15, -0.1) is 10.2 Å². The zero-order valence-corrected chi connectivity index (χ0v) is 16.5. The molecule has 1 aliphatic carbocycles. The molecule has 0 spiro atoms. The van der Waals surface area contributed by atoms with Crippen molar-refractivity contribution in [3.8, 4) is 23.2 Å². The van der Waals surface area contributed by atoms with E-state index in [0.717, 1.165) is 27.8 Å². The van der Waals surface area contributed by atoms with Crippen molar-refractivity contribution in [2.75, 3.05) is 12.4 Å². The monoisotopic (exact) mass is 401 g/mol. The first-order valence-corrected chi connectivity index (χ1v) is 10.6. The van der Waals surface area contributed by atoms with Crippen LogP contribution in [0.3, 0.4) is 0 Å². The third-order valence-electron chi connectivity index (χ3n) is 4.95. The Balaban J connectivity index is 1.32. The average Bonchev–Trinajstić information content (AvgIpc) is 3.37. The van der Waals surface area contributed by atoms with Gasteiger partial charge in [-0.3, -0.25) is 4.57 Å². The number of nitrogens with one attached hydrogen (secondary N) is 1. The van der Waals surface area contributed by atoms with Crippen molar-refractivity contribution in [1.82, 2.24) is 19.7 Å². The summed E-state index contributed by atoms with van der Waals surface area (Å²) in [7, 11) is 0. The number of para-hydroxylation sites is 1. The molecule has 5 rings (SSSR count). The van der Waals surface area contributed by atoms with Crippen molar-refractivity contribution in [3.63, 3.8) is 0 Å². The lowest BCUT2D eigenvalue weighted by Crippen LogP contribution is -2.03. The van der Waals surface area contributed by atoms with E-state index in [1.807, 2.05) is 30.5 Å². The number of ether oxygens (including phenoxy) is 1. The number of rotatable bonds is 7. The maximum Gasteiger partial charge on any atom is 0.191 e. The van der Waals surface area contributed by atoms with E-state index in [9.17, 15) is 0 Å². The molecule has 144 valence electrons. The van der Waals surface area contributed by atoms with Gasteiger partial charge in [0.1, 0.15) is 5.75 Å². The first-order chi connectivity index (χ1) is 14.3. The lowest BCUT2D eigenvalue weighted by Gasteiger charge is -2.09. The first kappa shape index (κ1) is 17.8. The molecule has 0 aliphatic heterocycles. The number of benzene rings is 2. The minimum atomic E-state index is 0.476. The SMILES string of the molecule is N#Cc1cccc(OCCSc2nnc(-c3c[nH]c4ccccc34)n2C2CC2)c1. The van der Waals surface area contributed by atoms with Crippen molar-refractivity contribution in [1.29, 1.82) is 5.26 Å². The lowest BCUT2D eigenvalue weighted by atomic mass is 10.1. The van der Waals surface area contributed by atoms with Crippen LogP contribution >= 0.6 is 11.8 Å². The Morgan fingerprint density at radius 3 is 2.93 bits per heavy atom. The standard InChI is InChI=1S/C22H19N5OS/c23-13-15-4-3-5-17(12-15)28-10-11-29-22-26-25-21(27(22)16-8-9-16)19-14-24-20-7-2-1-6-18(19)20/h1-7,12,14,16,24H,8-11H2. The van der Waals surface area contributed by atoms with E-state index < -0.39 is 0 Å². The minimum Gasteiger partial charge on any atom is -0.493 e. The van der Waals surface area contributed by atoms with E-state index in [1.54, 1.807) is 23.9 Å². The normalized spacial score (nSPS) is 13.5. The van der Waals surface area contributed by atoms with Gasteiger partial charge in [0, 0.05) is 34.5 Å². The molecule has 29 heavy (non-hydrogen) atoms. The number of aromatic nitrogens is 4. The fraction of sp³-hybridized carbons (Fsp3) is 0.227. The summed E-state index contributed by atoms with van der Waals surface area (Å²) in [4.78, 5) is 3.33. The van der Waals surface area contributed by atoms with Crippen LogP contribution in [0.2, 0.25) is 0 Å². The van der Waals surface area contributed by atoms with E-state index in [-0.39, 0.29) is 0 Å². The first-order valence-electron chi connectivity index (χ1n) is 9.60. The Morgan fingerprint density at radius 1 is 1.17 bits per heavy atom. The minimum absolute atomic E-state index is 0.476. The number of hydrogen-bond acceptors (Lipinski definition) is 5. The molecule has 1 fully saturated rings. The summed E-state index contributed by atoms with van der Waals surface area (Å²) in [5.74, 6) is 2.40. The van der Waals surface area contributed by atoms with Gasteiger partial charge in [0.05, 0.1) is 18.2 Å². The molecular weight excluding hydrogens is 382 g/mol. The Morgan fingerprint density at radius 2 is 2.07 bits per heavy atom. The van der Waals surface area contributed by atoms with Crippen molar-refractivity contribution in [2.45, 2.75) is 24.0 Å². The van der Waals surface area contributed by atoms with Crippen LogP contribution in [0.5, 0.6) is 5.75 Å². The Hall–Kier alpha value is -3.24. The summed E-state index contributed by atoms with van der Waals surface area (Å²) < 4.78 is 8.06. The summed E-state index contributed by atoms with van der Waals surface area (Å²) in [6, 6.07) is 18.1. The summed E-state index contributed by atoms with van der Waals surface area (Å²) in [6.45, 7) is 0.541. The van der Waals surface area contributed by atoms with Gasteiger partial charge in [-0.1, -0.05) is 36.0 Å². The second-order valence-corrected chi connectivity index (χ2v) is 8.05. The highest BCUT2D eigenvalue weighted by Gasteiger charge is 2.30. The average molecular weight is 401 g/mol. The van der Waals surface area contributed by atoms with E-state index in [0.29, 0.717) is 24.0 Å². The van der Waals surface area contributed by atoms with Gasteiger partial charge in [-0.25, -0.2) is 0 Å². The van der Waals surface area contributed by atoms with Crippen LogP contribution in [0.1, 0.15) is 24.4 Å². The molecule has 0 atom stereocenters. The Labute approximate surface area is 172 Å². The highest BCUT2D eigenvalue weighted by atomic mass is 32.2. The molecule has 4 aromatic rings. The predicted molar refractivity (Wildman–Crippen MR) is 113 cm³/mol. The van der Waals surface area contributed by atoms with Crippen LogP contribution in [-0.2, 0) is 0 Å². The summed E-state index contributed by atoms with van der Waals surface area (Å²) in [5.41, 5.74) is 2.80. The van der Waals surface area contributed by atoms with Gasteiger partial charge in [0.2, 0.25) is 0 Å². The third-order valence-corrected chi connectivity index (χ3v) is 5.86. The highest BCUT2D eigenvalue weighted by molar-refractivity contribution is 7.99. The second kappa shape index (κ2) is 7.64. The molecule has 0 unspecified atom stereocenters. The van der Waals surface area contributed by atoms with Crippen LogP contribution in [0.15, 0.2) is 59.9 Å². The molecule has 6 nitrogen and oxygen atoms in total. The van der Waals surface area contributed by atoms with Crippen LogP contribution in [0.4, 0.5) is 0 Å². The summed E-state index contributed by atoms with van der Waals surface area (Å²) in [6.07, 6.45) is 4.35. The zero-order valence-electron chi connectivity index (χ0n) is 15.7. The molecular formula is C22H19N5OS.